The fourth-order valence-corrected chi connectivity index (χ4v) is 10.2. The minimum absolute atomic E-state index is 0.0282. The first-order valence-electron chi connectivity index (χ1n) is 13.9. The van der Waals surface area contributed by atoms with Crippen LogP contribution in [0.4, 0.5) is 0 Å². The molecule has 10 atom stereocenters. The second-order valence-electron chi connectivity index (χ2n) is 14.4. The second-order valence-corrected chi connectivity index (χ2v) is 14.4. The molecule has 4 rings (SSSR count). The van der Waals surface area contributed by atoms with Crippen LogP contribution in [-0.4, -0.2) is 50.6 Å². The number of fused-ring (bicyclic) bond motifs is 5. The Morgan fingerprint density at radius 1 is 1.09 bits per heavy atom. The summed E-state index contributed by atoms with van der Waals surface area (Å²) < 4.78 is 0. The van der Waals surface area contributed by atoms with Gasteiger partial charge in [0, 0.05) is 12.3 Å². The molecule has 200 valence electrons. The normalized spacial score (nSPS) is 49.1. The van der Waals surface area contributed by atoms with E-state index in [0.717, 1.165) is 24.8 Å². The lowest BCUT2D eigenvalue weighted by Gasteiger charge is -2.70. The zero-order valence-corrected chi connectivity index (χ0v) is 23.1. The van der Waals surface area contributed by atoms with Crippen molar-refractivity contribution in [2.24, 2.45) is 45.3 Å². The van der Waals surface area contributed by atoms with E-state index in [1.807, 2.05) is 19.9 Å². The molecule has 4 fully saturated rings. The van der Waals surface area contributed by atoms with Gasteiger partial charge in [-0.05, 0) is 98.2 Å². The van der Waals surface area contributed by atoms with Gasteiger partial charge in [0.15, 0.2) is 0 Å². The Labute approximate surface area is 212 Å². The van der Waals surface area contributed by atoms with E-state index in [4.69, 9.17) is 0 Å². The van der Waals surface area contributed by atoms with E-state index in [2.05, 4.69) is 34.6 Å². The van der Waals surface area contributed by atoms with Crippen LogP contribution in [0.15, 0.2) is 11.6 Å². The summed E-state index contributed by atoms with van der Waals surface area (Å²) in [6.45, 7) is 14.9. The lowest BCUT2D eigenvalue weighted by molar-refractivity contribution is -0.253. The Morgan fingerprint density at radius 3 is 2.37 bits per heavy atom. The zero-order valence-electron chi connectivity index (χ0n) is 23.1. The first-order valence-corrected chi connectivity index (χ1v) is 13.9. The predicted octanol–water partition coefficient (Wildman–Crippen LogP) is 4.65. The van der Waals surface area contributed by atoms with Crippen molar-refractivity contribution in [2.45, 2.75) is 118 Å². The Kier molecular flexibility index (Phi) is 6.74. The lowest BCUT2D eigenvalue weighted by Crippen LogP contribution is -2.69. The molecule has 5 nitrogen and oxygen atoms in total. The van der Waals surface area contributed by atoms with Crippen molar-refractivity contribution >= 4 is 5.78 Å². The fraction of sp³-hybridized carbons (Fsp3) is 0.900. The molecule has 0 saturated heterocycles. The van der Waals surface area contributed by atoms with Gasteiger partial charge in [0.05, 0.1) is 24.4 Å². The molecule has 0 heterocycles. The molecular formula is C30H50O5. The molecule has 35 heavy (non-hydrogen) atoms. The predicted molar refractivity (Wildman–Crippen MR) is 137 cm³/mol. The van der Waals surface area contributed by atoms with Crippen LogP contribution >= 0.6 is 0 Å². The number of allylic oxidation sites excluding steroid dienone is 1. The fourth-order valence-electron chi connectivity index (χ4n) is 10.2. The summed E-state index contributed by atoms with van der Waals surface area (Å²) in [7, 11) is 0. The van der Waals surface area contributed by atoms with Gasteiger partial charge in [0.1, 0.15) is 5.78 Å². The van der Waals surface area contributed by atoms with E-state index < -0.39 is 23.2 Å². The Bertz CT molecular complexity index is 876. The molecule has 0 aromatic rings. The van der Waals surface area contributed by atoms with Gasteiger partial charge in [0.2, 0.25) is 0 Å². The Balaban J connectivity index is 1.68. The van der Waals surface area contributed by atoms with Gasteiger partial charge in [-0.2, -0.15) is 0 Å². The summed E-state index contributed by atoms with van der Waals surface area (Å²) >= 11 is 0. The number of carbonyl (C=O) groups excluding carboxylic acids is 1. The number of aliphatic hydroxyl groups excluding tert-OH is 3. The number of ketones is 1. The summed E-state index contributed by atoms with van der Waals surface area (Å²) in [6.07, 6.45) is 6.73. The topological polar surface area (TPSA) is 98.0 Å². The van der Waals surface area contributed by atoms with Crippen molar-refractivity contribution < 1.29 is 25.2 Å². The smallest absolute Gasteiger partial charge is 0.137 e. The first kappa shape index (κ1) is 27.3. The van der Waals surface area contributed by atoms with Gasteiger partial charge >= 0.3 is 0 Å². The molecule has 0 aromatic heterocycles. The molecule has 0 aromatic carbocycles. The van der Waals surface area contributed by atoms with Crippen LogP contribution in [0.25, 0.3) is 0 Å². The summed E-state index contributed by atoms with van der Waals surface area (Å²) in [5.41, 5.74) is -1.12. The zero-order chi connectivity index (χ0) is 26.2. The van der Waals surface area contributed by atoms with E-state index in [-0.39, 0.29) is 46.5 Å². The molecule has 4 aliphatic rings. The molecule has 0 aliphatic heterocycles. The Hall–Kier alpha value is -0.750. The number of Topliss-reactive ketones (excluding diaryl/α,β-unsaturated/α-hetero) is 1. The highest BCUT2D eigenvalue weighted by Crippen LogP contribution is 2.75. The van der Waals surface area contributed by atoms with Crippen molar-refractivity contribution in [3.63, 3.8) is 0 Å². The second kappa shape index (κ2) is 8.64. The van der Waals surface area contributed by atoms with E-state index in [1.165, 1.54) is 0 Å². The van der Waals surface area contributed by atoms with Crippen LogP contribution in [0.1, 0.15) is 99.8 Å². The van der Waals surface area contributed by atoms with Crippen LogP contribution in [0.2, 0.25) is 0 Å². The average Bonchev–Trinajstić information content (AvgIpc) is 3.13. The first-order chi connectivity index (χ1) is 16.1. The third-order valence-electron chi connectivity index (χ3n) is 12.2. The van der Waals surface area contributed by atoms with Gasteiger partial charge in [-0.25, -0.2) is 0 Å². The quantitative estimate of drug-likeness (QED) is 0.421. The standard InChI is InChI=1S/C30H50O5/c1-18(17-31)9-8-12-30(7,35)19-10-14-28(5)24(19)20(32)15-22-27(4)13-11-23(34)26(2,3)25(27)21(33)16-29(22,28)6/h9,19,21-25,31,33-35H,8,10-17H2,1-7H3/b18-9+/t19-,21-,22+,23-,24+,25-,27+,28+,29+,30-/m0/s1. The maximum atomic E-state index is 14.0. The highest BCUT2D eigenvalue weighted by molar-refractivity contribution is 5.84. The lowest BCUT2D eigenvalue weighted by atomic mass is 9.34. The molecule has 4 saturated carbocycles. The van der Waals surface area contributed by atoms with Crippen LogP contribution in [0, 0.1) is 45.3 Å². The van der Waals surface area contributed by atoms with Crippen molar-refractivity contribution in [1.82, 2.24) is 0 Å². The largest absolute Gasteiger partial charge is 0.393 e. The Morgan fingerprint density at radius 2 is 1.74 bits per heavy atom. The third kappa shape index (κ3) is 3.82. The van der Waals surface area contributed by atoms with Gasteiger partial charge in [-0.1, -0.05) is 46.3 Å². The van der Waals surface area contributed by atoms with Crippen molar-refractivity contribution in [3.05, 3.63) is 11.6 Å². The minimum atomic E-state index is -0.954. The summed E-state index contributed by atoms with van der Waals surface area (Å²) in [4.78, 5) is 14.0. The number of hydrogen-bond acceptors (Lipinski definition) is 5. The van der Waals surface area contributed by atoms with Crippen molar-refractivity contribution in [1.29, 1.82) is 0 Å². The summed E-state index contributed by atoms with van der Waals surface area (Å²) in [5, 5.41) is 43.4. The molecule has 4 N–H and O–H groups in total. The molecule has 5 heteroatoms. The van der Waals surface area contributed by atoms with Crippen LogP contribution in [-0.2, 0) is 4.79 Å². The number of hydrogen-bond donors (Lipinski definition) is 4. The van der Waals surface area contributed by atoms with Crippen LogP contribution in [0.3, 0.4) is 0 Å². The molecular weight excluding hydrogens is 440 g/mol. The number of aliphatic hydroxyl groups is 4. The highest BCUT2D eigenvalue weighted by atomic mass is 16.3. The number of carbonyl (C=O) groups is 1. The third-order valence-corrected chi connectivity index (χ3v) is 12.2. The monoisotopic (exact) mass is 490 g/mol. The van der Waals surface area contributed by atoms with Gasteiger partial charge in [-0.3, -0.25) is 4.79 Å². The van der Waals surface area contributed by atoms with E-state index in [0.29, 0.717) is 37.9 Å². The van der Waals surface area contributed by atoms with E-state index in [1.54, 1.807) is 0 Å². The average molecular weight is 491 g/mol. The SMILES string of the molecule is C/C(=C\CC[C@](C)(O)[C@H]1CC[C@]2(C)[C@H]1C(=O)C[C@@H]1[C@@]3(C)CC[C@H](O)C(C)(C)[C@@H]3[C@@H](O)C[C@]12C)CO. The van der Waals surface area contributed by atoms with Crippen molar-refractivity contribution in [2.75, 3.05) is 6.61 Å². The molecule has 0 bridgehead atoms. The maximum Gasteiger partial charge on any atom is 0.137 e. The van der Waals surface area contributed by atoms with Crippen LogP contribution in [0.5, 0.6) is 0 Å². The molecule has 0 spiro atoms. The van der Waals surface area contributed by atoms with Crippen LogP contribution < -0.4 is 0 Å². The maximum absolute atomic E-state index is 14.0. The highest BCUT2D eigenvalue weighted by Gasteiger charge is 2.73. The van der Waals surface area contributed by atoms with Gasteiger partial charge in [-0.15, -0.1) is 0 Å². The summed E-state index contributed by atoms with van der Waals surface area (Å²) in [6, 6.07) is 0. The molecule has 0 unspecified atom stereocenters. The van der Waals surface area contributed by atoms with Gasteiger partial charge < -0.3 is 20.4 Å². The van der Waals surface area contributed by atoms with Crippen molar-refractivity contribution in [3.8, 4) is 0 Å². The van der Waals surface area contributed by atoms with Gasteiger partial charge in [0.25, 0.3) is 0 Å². The molecule has 0 radical (unpaired) electrons. The van der Waals surface area contributed by atoms with E-state index >= 15 is 0 Å². The number of rotatable bonds is 5. The minimum Gasteiger partial charge on any atom is -0.393 e. The molecule has 0 amide bonds. The molecule has 4 aliphatic carbocycles. The van der Waals surface area contributed by atoms with E-state index in [9.17, 15) is 25.2 Å². The summed E-state index contributed by atoms with van der Waals surface area (Å²) in [5.74, 6) is 0.138.